The van der Waals surface area contributed by atoms with Crippen molar-refractivity contribution in [2.45, 2.75) is 62.9 Å². The van der Waals surface area contributed by atoms with Gasteiger partial charge in [-0.25, -0.2) is 16.8 Å². The van der Waals surface area contributed by atoms with E-state index in [4.69, 9.17) is 0 Å². The van der Waals surface area contributed by atoms with Gasteiger partial charge in [0.15, 0.2) is 0 Å². The highest BCUT2D eigenvalue weighted by atomic mass is 32.2. The molecular formula is C23H33N3O4S2. The van der Waals surface area contributed by atoms with Gasteiger partial charge >= 0.3 is 0 Å². The summed E-state index contributed by atoms with van der Waals surface area (Å²) in [6, 6.07) is 13.4. The molecule has 1 unspecified atom stereocenters. The molecule has 0 bridgehead atoms. The maximum Gasteiger partial charge on any atom is 0.261 e. The van der Waals surface area contributed by atoms with Gasteiger partial charge in [0.05, 0.1) is 16.8 Å². The van der Waals surface area contributed by atoms with E-state index in [-0.39, 0.29) is 10.6 Å². The summed E-state index contributed by atoms with van der Waals surface area (Å²) in [4.78, 5) is -0.0143. The van der Waals surface area contributed by atoms with Gasteiger partial charge in [0.1, 0.15) is 0 Å². The molecule has 1 fully saturated rings. The highest BCUT2D eigenvalue weighted by molar-refractivity contribution is 7.93. The van der Waals surface area contributed by atoms with Crippen LogP contribution >= 0.6 is 0 Å². The number of nitrogens with one attached hydrogen (secondary N) is 3. The minimum atomic E-state index is -3.89. The van der Waals surface area contributed by atoms with Crippen LogP contribution in [-0.2, 0) is 26.6 Å². The normalized spacial score (nSPS) is 16.4. The predicted octanol–water partition coefficient (Wildman–Crippen LogP) is 4.31. The zero-order valence-electron chi connectivity index (χ0n) is 18.7. The summed E-state index contributed by atoms with van der Waals surface area (Å²) in [5, 5.41) is 3.54. The van der Waals surface area contributed by atoms with Crippen LogP contribution < -0.4 is 14.8 Å². The van der Waals surface area contributed by atoms with Gasteiger partial charge in [-0.3, -0.25) is 9.44 Å². The molecule has 32 heavy (non-hydrogen) atoms. The Balaban J connectivity index is 1.68. The third-order valence-electron chi connectivity index (χ3n) is 5.76. The fraction of sp³-hybridized carbons (Fsp3) is 0.478. The molecule has 0 amide bonds. The first-order valence-corrected chi connectivity index (χ1v) is 14.4. The van der Waals surface area contributed by atoms with Crippen molar-refractivity contribution in [1.82, 2.24) is 5.32 Å². The van der Waals surface area contributed by atoms with Crippen LogP contribution in [0.25, 0.3) is 0 Å². The number of rotatable bonds is 10. The first-order chi connectivity index (χ1) is 15.1. The Labute approximate surface area is 192 Å². The summed E-state index contributed by atoms with van der Waals surface area (Å²) in [6.07, 6.45) is 8.75. The molecule has 0 aliphatic heterocycles. The topological polar surface area (TPSA) is 104 Å². The second kappa shape index (κ2) is 10.7. The van der Waals surface area contributed by atoms with Gasteiger partial charge in [-0.15, -0.1) is 0 Å². The number of benzene rings is 2. The van der Waals surface area contributed by atoms with Gasteiger partial charge < -0.3 is 5.32 Å². The average molecular weight is 480 g/mol. The summed E-state index contributed by atoms with van der Waals surface area (Å²) in [6.45, 7) is 2.74. The van der Waals surface area contributed by atoms with Crippen LogP contribution in [0.2, 0.25) is 0 Å². The van der Waals surface area contributed by atoms with E-state index in [1.807, 2.05) is 12.1 Å². The summed E-state index contributed by atoms with van der Waals surface area (Å²) in [5.74, 6) is 0.771. The molecule has 0 heterocycles. The minimum absolute atomic E-state index is 0.0143. The maximum atomic E-state index is 13.0. The predicted molar refractivity (Wildman–Crippen MR) is 130 cm³/mol. The number of anilines is 2. The minimum Gasteiger partial charge on any atom is -0.310 e. The largest absolute Gasteiger partial charge is 0.310 e. The molecule has 1 aliphatic rings. The van der Waals surface area contributed by atoms with Gasteiger partial charge in [-0.1, -0.05) is 56.4 Å². The van der Waals surface area contributed by atoms with E-state index in [0.29, 0.717) is 18.3 Å². The molecule has 1 atom stereocenters. The summed E-state index contributed by atoms with van der Waals surface area (Å²) < 4.78 is 53.8. The van der Waals surface area contributed by atoms with Gasteiger partial charge in [0, 0.05) is 18.3 Å². The third-order valence-corrected chi connectivity index (χ3v) is 7.73. The highest BCUT2D eigenvalue weighted by Crippen LogP contribution is 2.28. The van der Waals surface area contributed by atoms with Crippen LogP contribution in [0.4, 0.5) is 11.4 Å². The molecule has 1 aliphatic carbocycles. The SMILES string of the molecule is CC(CC1CCCCC1)NCc1ccccc1NS(=O)(=O)c1cccc(NS(C)(=O)=O)c1. The van der Waals surface area contributed by atoms with Crippen molar-refractivity contribution in [3.05, 3.63) is 54.1 Å². The number of hydrogen-bond donors (Lipinski definition) is 3. The first kappa shape index (κ1) is 24.5. The highest BCUT2D eigenvalue weighted by Gasteiger charge is 2.19. The molecule has 9 heteroatoms. The molecule has 1 saturated carbocycles. The van der Waals surface area contributed by atoms with Crippen LogP contribution in [0.15, 0.2) is 53.4 Å². The van der Waals surface area contributed by atoms with Crippen molar-refractivity contribution in [3.8, 4) is 0 Å². The molecule has 0 saturated heterocycles. The molecule has 2 aromatic rings. The molecule has 0 radical (unpaired) electrons. The Hall–Kier alpha value is -2.10. The second-order valence-corrected chi connectivity index (χ2v) is 12.1. The van der Waals surface area contributed by atoms with E-state index < -0.39 is 20.0 Å². The number of hydrogen-bond acceptors (Lipinski definition) is 5. The standard InChI is InChI=1S/C23H33N3O4S2/c1-18(15-19-9-4-3-5-10-19)24-17-20-11-6-7-14-23(20)26-32(29,30)22-13-8-12-21(16-22)25-31(2,27)28/h6-8,11-14,16,18-19,24-26H,3-5,9-10,15,17H2,1-2H3. The second-order valence-electron chi connectivity index (χ2n) is 8.69. The third kappa shape index (κ3) is 7.50. The first-order valence-electron chi connectivity index (χ1n) is 11.0. The van der Waals surface area contributed by atoms with E-state index in [2.05, 4.69) is 21.7 Å². The van der Waals surface area contributed by atoms with Crippen molar-refractivity contribution in [2.24, 2.45) is 5.92 Å². The average Bonchev–Trinajstić information content (AvgIpc) is 2.73. The van der Waals surface area contributed by atoms with E-state index in [1.165, 1.54) is 56.4 Å². The lowest BCUT2D eigenvalue weighted by atomic mass is 9.85. The van der Waals surface area contributed by atoms with Gasteiger partial charge in [0.25, 0.3) is 10.0 Å². The molecule has 7 nitrogen and oxygen atoms in total. The molecule has 0 spiro atoms. The Bertz CT molecular complexity index is 1110. The Kier molecular flexibility index (Phi) is 8.19. The summed E-state index contributed by atoms with van der Waals surface area (Å²) >= 11 is 0. The number of sulfonamides is 2. The molecule has 0 aromatic heterocycles. The summed E-state index contributed by atoms with van der Waals surface area (Å²) in [7, 11) is -7.39. The van der Waals surface area contributed by atoms with E-state index in [1.54, 1.807) is 12.1 Å². The van der Waals surface area contributed by atoms with Crippen LogP contribution in [0.3, 0.4) is 0 Å². The maximum absolute atomic E-state index is 13.0. The summed E-state index contributed by atoms with van der Waals surface area (Å²) in [5.41, 5.74) is 1.56. The van der Waals surface area contributed by atoms with E-state index in [9.17, 15) is 16.8 Å². The van der Waals surface area contributed by atoms with Crippen LogP contribution in [-0.4, -0.2) is 29.1 Å². The lowest BCUT2D eigenvalue weighted by molar-refractivity contribution is 0.305. The van der Waals surface area contributed by atoms with Crippen LogP contribution in [0.5, 0.6) is 0 Å². The van der Waals surface area contributed by atoms with Crippen molar-refractivity contribution in [3.63, 3.8) is 0 Å². The van der Waals surface area contributed by atoms with Gasteiger partial charge in [0.2, 0.25) is 10.0 Å². The monoisotopic (exact) mass is 479 g/mol. The molecule has 3 rings (SSSR count). The number of para-hydroxylation sites is 1. The Morgan fingerprint density at radius 1 is 0.938 bits per heavy atom. The lowest BCUT2D eigenvalue weighted by Crippen LogP contribution is -2.29. The van der Waals surface area contributed by atoms with Gasteiger partial charge in [-0.2, -0.15) is 0 Å². The molecular weight excluding hydrogens is 446 g/mol. The molecule has 3 N–H and O–H groups in total. The molecule has 2 aromatic carbocycles. The fourth-order valence-corrected chi connectivity index (χ4v) is 5.91. The van der Waals surface area contributed by atoms with Crippen LogP contribution in [0, 0.1) is 5.92 Å². The fourth-order valence-electron chi connectivity index (χ4n) is 4.21. The zero-order chi connectivity index (χ0) is 23.2. The van der Waals surface area contributed by atoms with Crippen molar-refractivity contribution >= 4 is 31.4 Å². The lowest BCUT2D eigenvalue weighted by Gasteiger charge is -2.25. The van der Waals surface area contributed by atoms with Gasteiger partial charge in [-0.05, 0) is 49.1 Å². The Morgan fingerprint density at radius 3 is 2.38 bits per heavy atom. The van der Waals surface area contributed by atoms with Crippen LogP contribution in [0.1, 0.15) is 51.0 Å². The smallest absolute Gasteiger partial charge is 0.261 e. The van der Waals surface area contributed by atoms with Crippen molar-refractivity contribution in [2.75, 3.05) is 15.7 Å². The van der Waals surface area contributed by atoms with E-state index >= 15 is 0 Å². The van der Waals surface area contributed by atoms with Crippen molar-refractivity contribution < 1.29 is 16.8 Å². The Morgan fingerprint density at radius 2 is 1.66 bits per heavy atom. The zero-order valence-corrected chi connectivity index (χ0v) is 20.3. The van der Waals surface area contributed by atoms with E-state index in [0.717, 1.165) is 24.2 Å². The quantitative estimate of drug-likeness (QED) is 0.471. The molecule has 176 valence electrons. The van der Waals surface area contributed by atoms with Crippen molar-refractivity contribution in [1.29, 1.82) is 0 Å².